The summed E-state index contributed by atoms with van der Waals surface area (Å²) in [5, 5.41) is 0. The predicted molar refractivity (Wildman–Crippen MR) is 89.5 cm³/mol. The Balaban J connectivity index is 1.87. The highest BCUT2D eigenvalue weighted by Gasteiger charge is 2.03. The molecule has 0 atom stereocenters. The standard InChI is InChI=1S/C18H14S2/c1-13-5-3-4-6-15(13)8-9-16-10-12-18(20-16)17-11-7-14(2)19-17/h3-7,10-12H,1-2H3. The Morgan fingerprint density at radius 2 is 1.50 bits per heavy atom. The fourth-order valence-corrected chi connectivity index (χ4v) is 3.76. The Bertz CT molecular complexity index is 794. The highest BCUT2D eigenvalue weighted by Crippen LogP contribution is 2.33. The number of aryl methyl sites for hydroxylation is 2. The van der Waals surface area contributed by atoms with Crippen LogP contribution in [0.3, 0.4) is 0 Å². The molecule has 0 bridgehead atoms. The Kier molecular flexibility index (Phi) is 3.73. The maximum atomic E-state index is 3.27. The lowest BCUT2D eigenvalue weighted by Gasteiger charge is -1.94. The van der Waals surface area contributed by atoms with Gasteiger partial charge in [0.05, 0.1) is 4.88 Å². The van der Waals surface area contributed by atoms with E-state index in [4.69, 9.17) is 0 Å². The summed E-state index contributed by atoms with van der Waals surface area (Å²) in [5.74, 6) is 6.53. The largest absolute Gasteiger partial charge is 0.140 e. The zero-order chi connectivity index (χ0) is 13.9. The van der Waals surface area contributed by atoms with E-state index in [0.717, 1.165) is 10.4 Å². The van der Waals surface area contributed by atoms with Crippen LogP contribution in [-0.4, -0.2) is 0 Å². The van der Waals surface area contributed by atoms with Crippen molar-refractivity contribution in [1.29, 1.82) is 0 Å². The van der Waals surface area contributed by atoms with Gasteiger partial charge in [-0.05, 0) is 49.7 Å². The van der Waals surface area contributed by atoms with Gasteiger partial charge in [0.15, 0.2) is 0 Å². The molecule has 0 saturated heterocycles. The average Bonchev–Trinajstić information content (AvgIpc) is 3.06. The molecule has 0 spiro atoms. The number of rotatable bonds is 1. The fraction of sp³-hybridized carbons (Fsp3) is 0.111. The van der Waals surface area contributed by atoms with Crippen molar-refractivity contribution in [2.24, 2.45) is 0 Å². The number of hydrogen-bond donors (Lipinski definition) is 0. The summed E-state index contributed by atoms with van der Waals surface area (Å²) in [6.07, 6.45) is 0. The second kappa shape index (κ2) is 5.66. The first-order chi connectivity index (χ1) is 9.72. The summed E-state index contributed by atoms with van der Waals surface area (Å²) in [5.41, 5.74) is 2.33. The molecule has 98 valence electrons. The van der Waals surface area contributed by atoms with Gasteiger partial charge in [-0.3, -0.25) is 0 Å². The Labute approximate surface area is 127 Å². The highest BCUT2D eigenvalue weighted by molar-refractivity contribution is 7.22. The van der Waals surface area contributed by atoms with Crippen molar-refractivity contribution < 1.29 is 0 Å². The molecule has 0 amide bonds. The third-order valence-corrected chi connectivity index (χ3v) is 5.25. The van der Waals surface area contributed by atoms with E-state index in [1.54, 1.807) is 11.3 Å². The van der Waals surface area contributed by atoms with Crippen LogP contribution in [0.5, 0.6) is 0 Å². The monoisotopic (exact) mass is 294 g/mol. The first kappa shape index (κ1) is 13.2. The molecule has 3 rings (SSSR count). The molecule has 0 saturated carbocycles. The lowest BCUT2D eigenvalue weighted by Crippen LogP contribution is -1.79. The van der Waals surface area contributed by atoms with E-state index in [1.165, 1.54) is 20.2 Å². The van der Waals surface area contributed by atoms with E-state index in [2.05, 4.69) is 62.1 Å². The SMILES string of the molecule is Cc1ccc(-c2ccc(C#Cc3ccccc3C)s2)s1. The van der Waals surface area contributed by atoms with E-state index in [1.807, 2.05) is 23.5 Å². The van der Waals surface area contributed by atoms with Crippen LogP contribution in [0.15, 0.2) is 48.5 Å². The van der Waals surface area contributed by atoms with Crippen molar-refractivity contribution in [1.82, 2.24) is 0 Å². The van der Waals surface area contributed by atoms with Gasteiger partial charge in [0.25, 0.3) is 0 Å². The van der Waals surface area contributed by atoms with Crippen LogP contribution in [0, 0.1) is 25.7 Å². The van der Waals surface area contributed by atoms with E-state index < -0.39 is 0 Å². The summed E-state index contributed by atoms with van der Waals surface area (Å²) < 4.78 is 0. The van der Waals surface area contributed by atoms with Crippen molar-refractivity contribution in [3.8, 4) is 21.6 Å². The van der Waals surface area contributed by atoms with E-state index in [9.17, 15) is 0 Å². The van der Waals surface area contributed by atoms with Gasteiger partial charge in [-0.15, -0.1) is 22.7 Å². The Hall–Kier alpha value is -1.82. The van der Waals surface area contributed by atoms with Crippen LogP contribution >= 0.6 is 22.7 Å². The lowest BCUT2D eigenvalue weighted by molar-refractivity contribution is 1.44. The summed E-state index contributed by atoms with van der Waals surface area (Å²) in [4.78, 5) is 5.10. The second-order valence-electron chi connectivity index (χ2n) is 4.64. The van der Waals surface area contributed by atoms with Gasteiger partial charge in [-0.2, -0.15) is 0 Å². The van der Waals surface area contributed by atoms with Gasteiger partial charge in [-0.1, -0.05) is 30.0 Å². The molecule has 0 aliphatic heterocycles. The zero-order valence-corrected chi connectivity index (χ0v) is 13.1. The molecular weight excluding hydrogens is 280 g/mol. The number of benzene rings is 1. The smallest absolute Gasteiger partial charge is 0.0779 e. The molecule has 0 N–H and O–H groups in total. The molecule has 20 heavy (non-hydrogen) atoms. The van der Waals surface area contributed by atoms with E-state index in [0.29, 0.717) is 0 Å². The van der Waals surface area contributed by atoms with Crippen LogP contribution in [0.2, 0.25) is 0 Å². The molecule has 0 unspecified atom stereocenters. The first-order valence-electron chi connectivity index (χ1n) is 6.47. The second-order valence-corrected chi connectivity index (χ2v) is 7.01. The summed E-state index contributed by atoms with van der Waals surface area (Å²) in [6.45, 7) is 4.24. The van der Waals surface area contributed by atoms with Crippen LogP contribution < -0.4 is 0 Å². The lowest BCUT2D eigenvalue weighted by atomic mass is 10.1. The molecule has 0 aliphatic carbocycles. The molecule has 2 heterocycles. The quantitative estimate of drug-likeness (QED) is 0.520. The van der Waals surface area contributed by atoms with Crippen LogP contribution in [0.4, 0.5) is 0 Å². The number of hydrogen-bond acceptors (Lipinski definition) is 2. The average molecular weight is 294 g/mol. The van der Waals surface area contributed by atoms with Gasteiger partial charge >= 0.3 is 0 Å². The predicted octanol–water partition coefficient (Wildman–Crippen LogP) is 5.49. The van der Waals surface area contributed by atoms with Crippen molar-refractivity contribution in [3.63, 3.8) is 0 Å². The molecule has 1 aromatic carbocycles. The van der Waals surface area contributed by atoms with Crippen LogP contribution in [0.1, 0.15) is 20.9 Å². The fourth-order valence-electron chi connectivity index (χ4n) is 1.95. The zero-order valence-electron chi connectivity index (χ0n) is 11.4. The summed E-state index contributed by atoms with van der Waals surface area (Å²) in [6, 6.07) is 16.9. The summed E-state index contributed by atoms with van der Waals surface area (Å²) in [7, 11) is 0. The van der Waals surface area contributed by atoms with Gasteiger partial charge in [-0.25, -0.2) is 0 Å². The van der Waals surface area contributed by atoms with Crippen molar-refractivity contribution in [3.05, 3.63) is 69.4 Å². The van der Waals surface area contributed by atoms with E-state index in [-0.39, 0.29) is 0 Å². The highest BCUT2D eigenvalue weighted by atomic mass is 32.1. The molecule has 3 aromatic rings. The van der Waals surface area contributed by atoms with Crippen molar-refractivity contribution in [2.45, 2.75) is 13.8 Å². The van der Waals surface area contributed by atoms with Crippen molar-refractivity contribution >= 4 is 22.7 Å². The minimum absolute atomic E-state index is 1.11. The molecule has 0 fully saturated rings. The molecular formula is C18H14S2. The molecule has 2 heteroatoms. The van der Waals surface area contributed by atoms with E-state index >= 15 is 0 Å². The third-order valence-electron chi connectivity index (χ3n) is 3.05. The molecule has 0 aliphatic rings. The minimum Gasteiger partial charge on any atom is -0.140 e. The van der Waals surface area contributed by atoms with Gasteiger partial charge in [0.1, 0.15) is 0 Å². The van der Waals surface area contributed by atoms with Crippen LogP contribution in [0.25, 0.3) is 9.75 Å². The van der Waals surface area contributed by atoms with Gasteiger partial charge < -0.3 is 0 Å². The Morgan fingerprint density at radius 1 is 0.750 bits per heavy atom. The maximum absolute atomic E-state index is 3.27. The molecule has 0 radical (unpaired) electrons. The minimum atomic E-state index is 1.11. The molecule has 0 nitrogen and oxygen atoms in total. The normalized spacial score (nSPS) is 10.1. The van der Waals surface area contributed by atoms with Gasteiger partial charge in [0.2, 0.25) is 0 Å². The molecule has 2 aromatic heterocycles. The maximum Gasteiger partial charge on any atom is 0.0779 e. The van der Waals surface area contributed by atoms with Gasteiger partial charge in [0, 0.05) is 20.2 Å². The van der Waals surface area contributed by atoms with Crippen molar-refractivity contribution in [2.75, 3.05) is 0 Å². The third kappa shape index (κ3) is 2.85. The Morgan fingerprint density at radius 3 is 2.25 bits per heavy atom. The summed E-state index contributed by atoms with van der Waals surface area (Å²) >= 11 is 3.59. The first-order valence-corrected chi connectivity index (χ1v) is 8.10. The topological polar surface area (TPSA) is 0 Å². The van der Waals surface area contributed by atoms with Crippen LogP contribution in [-0.2, 0) is 0 Å². The number of thiophene rings is 2.